The SMILES string of the molecule is CN=C(NCCCN1C(=O)COc2ccccc21)NC(C)COC. The fraction of sp³-hybridized carbons (Fsp3) is 0.529. The number of carbonyl (C=O) groups excluding carboxylic acids is 1. The van der Waals surface area contributed by atoms with Gasteiger partial charge in [0.2, 0.25) is 0 Å². The maximum absolute atomic E-state index is 12.1. The van der Waals surface area contributed by atoms with Crippen LogP contribution in [-0.2, 0) is 9.53 Å². The molecular weight excluding hydrogens is 308 g/mol. The number of fused-ring (bicyclic) bond motifs is 1. The van der Waals surface area contributed by atoms with Crippen LogP contribution in [0.25, 0.3) is 0 Å². The van der Waals surface area contributed by atoms with Crippen molar-refractivity contribution < 1.29 is 14.3 Å². The van der Waals surface area contributed by atoms with Crippen molar-refractivity contribution >= 4 is 17.6 Å². The molecule has 0 aromatic heterocycles. The lowest BCUT2D eigenvalue weighted by Gasteiger charge is -2.29. The minimum absolute atomic E-state index is 0.00933. The lowest BCUT2D eigenvalue weighted by Crippen LogP contribution is -2.45. The van der Waals surface area contributed by atoms with Gasteiger partial charge in [-0.15, -0.1) is 0 Å². The first-order valence-electron chi connectivity index (χ1n) is 8.14. The van der Waals surface area contributed by atoms with E-state index in [1.165, 1.54) is 0 Å². The average Bonchev–Trinajstić information content (AvgIpc) is 2.59. The molecule has 7 heteroatoms. The van der Waals surface area contributed by atoms with Crippen molar-refractivity contribution in [2.45, 2.75) is 19.4 Å². The summed E-state index contributed by atoms with van der Waals surface area (Å²) in [6, 6.07) is 7.79. The normalized spacial score (nSPS) is 15.5. The van der Waals surface area contributed by atoms with E-state index in [4.69, 9.17) is 9.47 Å². The topological polar surface area (TPSA) is 75.2 Å². The molecule has 1 unspecified atom stereocenters. The van der Waals surface area contributed by atoms with Crippen molar-refractivity contribution in [3.05, 3.63) is 24.3 Å². The predicted molar refractivity (Wildman–Crippen MR) is 94.7 cm³/mol. The van der Waals surface area contributed by atoms with Crippen molar-refractivity contribution in [1.29, 1.82) is 0 Å². The number of para-hydroxylation sites is 2. The highest BCUT2D eigenvalue weighted by molar-refractivity contribution is 5.97. The molecule has 0 spiro atoms. The van der Waals surface area contributed by atoms with Crippen LogP contribution in [0.1, 0.15) is 13.3 Å². The Bertz CT molecular complexity index is 577. The molecule has 1 amide bonds. The summed E-state index contributed by atoms with van der Waals surface area (Å²) in [5, 5.41) is 6.50. The van der Waals surface area contributed by atoms with Crippen molar-refractivity contribution in [2.75, 3.05) is 45.4 Å². The van der Waals surface area contributed by atoms with Crippen LogP contribution in [0, 0.1) is 0 Å². The molecule has 24 heavy (non-hydrogen) atoms. The van der Waals surface area contributed by atoms with Gasteiger partial charge in [-0.25, -0.2) is 0 Å². The summed E-state index contributed by atoms with van der Waals surface area (Å²) in [5.74, 6) is 1.48. The van der Waals surface area contributed by atoms with Gasteiger partial charge in [0, 0.05) is 33.3 Å². The van der Waals surface area contributed by atoms with Crippen molar-refractivity contribution in [1.82, 2.24) is 10.6 Å². The quantitative estimate of drug-likeness (QED) is 0.442. The van der Waals surface area contributed by atoms with Gasteiger partial charge in [-0.2, -0.15) is 0 Å². The second-order valence-corrected chi connectivity index (χ2v) is 5.66. The molecule has 1 aliphatic rings. The summed E-state index contributed by atoms with van der Waals surface area (Å²) < 4.78 is 10.5. The number of amides is 1. The third kappa shape index (κ3) is 4.86. The van der Waals surface area contributed by atoms with E-state index < -0.39 is 0 Å². The summed E-state index contributed by atoms with van der Waals surface area (Å²) in [6.07, 6.45) is 0.805. The first kappa shape index (κ1) is 18.1. The number of hydrogen-bond donors (Lipinski definition) is 2. The number of nitrogens with zero attached hydrogens (tertiary/aromatic N) is 2. The first-order valence-corrected chi connectivity index (χ1v) is 8.14. The van der Waals surface area contributed by atoms with Crippen molar-refractivity contribution in [3.63, 3.8) is 0 Å². The van der Waals surface area contributed by atoms with Gasteiger partial charge >= 0.3 is 0 Å². The molecular formula is C17H26N4O3. The molecule has 132 valence electrons. The molecule has 0 radical (unpaired) electrons. The van der Waals surface area contributed by atoms with Gasteiger partial charge in [0.25, 0.3) is 5.91 Å². The zero-order chi connectivity index (χ0) is 17.4. The zero-order valence-electron chi connectivity index (χ0n) is 14.5. The average molecular weight is 334 g/mol. The molecule has 1 aliphatic heterocycles. The number of benzene rings is 1. The Morgan fingerprint density at radius 1 is 1.46 bits per heavy atom. The van der Waals surface area contributed by atoms with E-state index in [0.717, 1.165) is 23.8 Å². The molecule has 1 aromatic rings. The highest BCUT2D eigenvalue weighted by Crippen LogP contribution is 2.31. The molecule has 0 saturated carbocycles. The molecule has 7 nitrogen and oxygen atoms in total. The summed E-state index contributed by atoms with van der Waals surface area (Å²) in [7, 11) is 3.40. The molecule has 0 saturated heterocycles. The fourth-order valence-electron chi connectivity index (χ4n) is 2.56. The number of hydrogen-bond acceptors (Lipinski definition) is 4. The van der Waals surface area contributed by atoms with E-state index in [1.54, 1.807) is 19.1 Å². The Kier molecular flexibility index (Phi) is 6.87. The maximum atomic E-state index is 12.1. The Balaban J connectivity index is 1.80. The highest BCUT2D eigenvalue weighted by atomic mass is 16.5. The van der Waals surface area contributed by atoms with Gasteiger partial charge in [0.15, 0.2) is 12.6 Å². The largest absolute Gasteiger partial charge is 0.482 e. The predicted octanol–water partition coefficient (Wildman–Crippen LogP) is 1.00. The van der Waals surface area contributed by atoms with Gasteiger partial charge in [-0.1, -0.05) is 12.1 Å². The van der Waals surface area contributed by atoms with Crippen LogP contribution >= 0.6 is 0 Å². The molecule has 1 aromatic carbocycles. The third-order valence-corrected chi connectivity index (χ3v) is 3.68. The smallest absolute Gasteiger partial charge is 0.265 e. The number of guanidine groups is 1. The Morgan fingerprint density at radius 3 is 3.00 bits per heavy atom. The van der Waals surface area contributed by atoms with Crippen LogP contribution < -0.4 is 20.3 Å². The van der Waals surface area contributed by atoms with E-state index in [0.29, 0.717) is 19.7 Å². The third-order valence-electron chi connectivity index (χ3n) is 3.68. The van der Waals surface area contributed by atoms with E-state index in [-0.39, 0.29) is 18.6 Å². The number of nitrogens with one attached hydrogen (secondary N) is 2. The summed E-state index contributed by atoms with van der Waals surface area (Å²) in [5.41, 5.74) is 0.838. The van der Waals surface area contributed by atoms with Gasteiger partial charge < -0.3 is 25.0 Å². The van der Waals surface area contributed by atoms with Crippen LogP contribution in [0.2, 0.25) is 0 Å². The standard InChI is InChI=1S/C17H26N4O3/c1-13(11-23-3)20-17(18-2)19-9-6-10-21-14-7-4-5-8-15(14)24-12-16(21)22/h4-5,7-8,13H,6,9-12H2,1-3H3,(H2,18,19,20). The Morgan fingerprint density at radius 2 is 2.25 bits per heavy atom. The lowest BCUT2D eigenvalue weighted by atomic mass is 10.2. The second-order valence-electron chi connectivity index (χ2n) is 5.66. The van der Waals surface area contributed by atoms with Crippen LogP contribution in [0.5, 0.6) is 5.75 Å². The molecule has 0 aliphatic carbocycles. The number of anilines is 1. The summed E-state index contributed by atoms with van der Waals surface area (Å²) in [6.45, 7) is 4.09. The van der Waals surface area contributed by atoms with Gasteiger partial charge in [-0.05, 0) is 25.5 Å². The maximum Gasteiger partial charge on any atom is 0.265 e. The number of rotatable bonds is 7. The van der Waals surface area contributed by atoms with Gasteiger partial charge in [0.05, 0.1) is 12.3 Å². The van der Waals surface area contributed by atoms with Crippen LogP contribution in [0.4, 0.5) is 5.69 Å². The monoisotopic (exact) mass is 334 g/mol. The van der Waals surface area contributed by atoms with E-state index in [9.17, 15) is 4.79 Å². The zero-order valence-corrected chi connectivity index (χ0v) is 14.5. The molecule has 2 rings (SSSR count). The van der Waals surface area contributed by atoms with E-state index in [2.05, 4.69) is 15.6 Å². The van der Waals surface area contributed by atoms with Crippen molar-refractivity contribution in [3.8, 4) is 5.75 Å². The van der Waals surface area contributed by atoms with E-state index in [1.807, 2.05) is 31.2 Å². The Hall–Kier alpha value is -2.28. The Labute approximate surface area is 143 Å². The van der Waals surface area contributed by atoms with E-state index >= 15 is 0 Å². The lowest BCUT2D eigenvalue weighted by molar-refractivity contribution is -0.121. The number of aliphatic imine (C=N–C) groups is 1. The molecule has 1 heterocycles. The minimum Gasteiger partial charge on any atom is -0.482 e. The van der Waals surface area contributed by atoms with Crippen LogP contribution in [0.3, 0.4) is 0 Å². The first-order chi connectivity index (χ1) is 11.7. The molecule has 0 bridgehead atoms. The van der Waals surface area contributed by atoms with Crippen LogP contribution in [0.15, 0.2) is 29.3 Å². The molecule has 2 N–H and O–H groups in total. The summed E-state index contributed by atoms with van der Waals surface area (Å²) >= 11 is 0. The fourth-order valence-corrected chi connectivity index (χ4v) is 2.56. The highest BCUT2D eigenvalue weighted by Gasteiger charge is 2.24. The molecule has 1 atom stereocenters. The number of carbonyl (C=O) groups is 1. The van der Waals surface area contributed by atoms with Crippen molar-refractivity contribution in [2.24, 2.45) is 4.99 Å². The number of methoxy groups -OCH3 is 1. The summed E-state index contributed by atoms with van der Waals surface area (Å²) in [4.78, 5) is 18.1. The van der Waals surface area contributed by atoms with Gasteiger partial charge in [0.1, 0.15) is 5.75 Å². The number of ether oxygens (including phenoxy) is 2. The van der Waals surface area contributed by atoms with Gasteiger partial charge in [-0.3, -0.25) is 9.79 Å². The molecule has 0 fully saturated rings. The minimum atomic E-state index is -0.00933. The van der Waals surface area contributed by atoms with Crippen LogP contribution in [-0.4, -0.2) is 58.4 Å². The second kappa shape index (κ2) is 9.12.